The molecule has 0 radical (unpaired) electrons. The van der Waals surface area contributed by atoms with Crippen LogP contribution >= 0.6 is 0 Å². The number of aromatic nitrogens is 2. The Morgan fingerprint density at radius 3 is 2.80 bits per heavy atom. The lowest BCUT2D eigenvalue weighted by Crippen LogP contribution is -2.41. The Hall–Kier alpha value is -3.04. The predicted molar refractivity (Wildman–Crippen MR) is 130 cm³/mol. The second-order valence-corrected chi connectivity index (χ2v) is 8.76. The highest BCUT2D eigenvalue weighted by Crippen LogP contribution is 2.33. The Kier molecular flexibility index (Phi) is 9.56. The van der Waals surface area contributed by atoms with Crippen molar-refractivity contribution in [2.45, 2.75) is 31.4 Å². The van der Waals surface area contributed by atoms with Crippen molar-refractivity contribution in [3.8, 4) is 17.4 Å². The first-order chi connectivity index (χ1) is 16.8. The number of ether oxygens (including phenoxy) is 3. The molecule has 14 heteroatoms. The molecule has 192 valence electrons. The fourth-order valence-corrected chi connectivity index (χ4v) is 4.16. The number of nitrogens with one attached hydrogen (secondary N) is 2. The lowest BCUT2D eigenvalue weighted by atomic mass is 10.2. The number of nitrogen functional groups attached to an aromatic ring is 1. The number of benzene rings is 1. The standard InChI is InChI=1S/C21H30N6O7S/c1-27(35(30)31)15-3-2-4-17(15)34-20-14(12-22)19(23)25-21(26-20)24-13-5-6-18(16(29)11-13)33-10-9-32-8-7-28/h5-6,11-12,15,17,22,28-29H,2-4,7-10H2,1H3,(H,30,31)(H3,23,24,25,26)/t15-,17-/m1/s1. The van der Waals surface area contributed by atoms with Gasteiger partial charge in [0, 0.05) is 25.0 Å². The van der Waals surface area contributed by atoms with Gasteiger partial charge >= 0.3 is 0 Å². The summed E-state index contributed by atoms with van der Waals surface area (Å²) in [4.78, 5) is 8.51. The van der Waals surface area contributed by atoms with Gasteiger partial charge in [-0.25, -0.2) is 4.21 Å². The van der Waals surface area contributed by atoms with Gasteiger partial charge in [0.1, 0.15) is 18.5 Å². The van der Waals surface area contributed by atoms with Crippen LogP contribution in [0.2, 0.25) is 0 Å². The number of rotatable bonds is 13. The van der Waals surface area contributed by atoms with Crippen molar-refractivity contribution in [3.05, 3.63) is 23.8 Å². The first kappa shape index (κ1) is 26.6. The molecule has 2 aromatic rings. The molecule has 1 aromatic carbocycles. The van der Waals surface area contributed by atoms with E-state index >= 15 is 0 Å². The van der Waals surface area contributed by atoms with Crippen LogP contribution in [0.4, 0.5) is 17.5 Å². The zero-order valence-corrected chi connectivity index (χ0v) is 20.0. The number of likely N-dealkylation sites (N-methyl/N-ethyl adjacent to an activating group) is 1. The summed E-state index contributed by atoms with van der Waals surface area (Å²) in [5.74, 6) is 0.322. The molecule has 3 rings (SSSR count). The third-order valence-electron chi connectivity index (χ3n) is 5.41. The normalized spacial score (nSPS) is 18.4. The van der Waals surface area contributed by atoms with E-state index in [1.54, 1.807) is 19.2 Å². The molecule has 3 atom stereocenters. The minimum atomic E-state index is -2.14. The number of anilines is 3. The van der Waals surface area contributed by atoms with E-state index in [4.69, 9.17) is 30.5 Å². The summed E-state index contributed by atoms with van der Waals surface area (Å²) in [5, 5.41) is 29.6. The molecule has 1 fully saturated rings. The van der Waals surface area contributed by atoms with E-state index in [9.17, 15) is 13.9 Å². The molecule has 13 nitrogen and oxygen atoms in total. The first-order valence-electron chi connectivity index (χ1n) is 10.9. The van der Waals surface area contributed by atoms with Crippen LogP contribution in [-0.4, -0.2) is 85.1 Å². The Morgan fingerprint density at radius 2 is 2.11 bits per heavy atom. The number of hydrogen-bond acceptors (Lipinski definition) is 11. The van der Waals surface area contributed by atoms with Crippen LogP contribution in [0.3, 0.4) is 0 Å². The number of nitrogens with zero attached hydrogens (tertiary/aromatic N) is 3. The molecular weight excluding hydrogens is 480 g/mol. The quantitative estimate of drug-likeness (QED) is 0.129. The highest BCUT2D eigenvalue weighted by molar-refractivity contribution is 7.76. The maximum absolute atomic E-state index is 11.5. The number of aromatic hydroxyl groups is 1. The molecule has 1 saturated carbocycles. The van der Waals surface area contributed by atoms with Gasteiger partial charge in [-0.05, 0) is 31.4 Å². The molecule has 1 aromatic heterocycles. The molecule has 35 heavy (non-hydrogen) atoms. The zero-order valence-electron chi connectivity index (χ0n) is 19.2. The number of phenolic OH excluding ortho intramolecular Hbond substituents is 1. The van der Waals surface area contributed by atoms with Gasteiger partial charge in [-0.3, -0.25) is 4.55 Å². The highest BCUT2D eigenvalue weighted by atomic mass is 32.2. The molecule has 0 bridgehead atoms. The van der Waals surface area contributed by atoms with Crippen LogP contribution in [0.15, 0.2) is 18.2 Å². The summed E-state index contributed by atoms with van der Waals surface area (Å²) in [6.45, 7) is 0.602. The van der Waals surface area contributed by atoms with Crippen molar-refractivity contribution >= 4 is 34.9 Å². The molecule has 1 aliphatic carbocycles. The number of hydrogen-bond donors (Lipinski definition) is 6. The summed E-state index contributed by atoms with van der Waals surface area (Å²) in [6.07, 6.45) is 2.72. The molecule has 1 aliphatic rings. The molecule has 0 amide bonds. The van der Waals surface area contributed by atoms with E-state index < -0.39 is 17.4 Å². The van der Waals surface area contributed by atoms with E-state index in [0.717, 1.165) is 12.6 Å². The van der Waals surface area contributed by atoms with Crippen LogP contribution in [0.1, 0.15) is 24.8 Å². The molecule has 1 heterocycles. The lowest BCUT2D eigenvalue weighted by molar-refractivity contribution is 0.0699. The van der Waals surface area contributed by atoms with E-state index in [0.29, 0.717) is 18.5 Å². The van der Waals surface area contributed by atoms with Crippen LogP contribution in [-0.2, 0) is 16.0 Å². The van der Waals surface area contributed by atoms with Gasteiger partial charge in [-0.1, -0.05) is 0 Å². The Morgan fingerprint density at radius 1 is 1.31 bits per heavy atom. The SMILES string of the molecule is CN([C@@H]1CCC[C@H]1Oc1nc(Nc2ccc(OCCOCCO)c(O)c2)nc(N)c1C=N)S(=O)O. The van der Waals surface area contributed by atoms with Crippen molar-refractivity contribution in [1.29, 1.82) is 5.41 Å². The number of nitrogens with two attached hydrogens (primary N) is 1. The number of phenols is 1. The number of aliphatic hydroxyl groups excluding tert-OH is 1. The molecule has 1 unspecified atom stereocenters. The monoisotopic (exact) mass is 510 g/mol. The van der Waals surface area contributed by atoms with E-state index in [-0.39, 0.29) is 67.2 Å². The number of aliphatic hydroxyl groups is 1. The van der Waals surface area contributed by atoms with Crippen LogP contribution < -0.4 is 20.5 Å². The van der Waals surface area contributed by atoms with Crippen molar-refractivity contribution < 1.29 is 33.2 Å². The molecule has 0 aliphatic heterocycles. The summed E-state index contributed by atoms with van der Waals surface area (Å²) in [6, 6.07) is 4.33. The van der Waals surface area contributed by atoms with Crippen molar-refractivity contribution in [1.82, 2.24) is 14.3 Å². The van der Waals surface area contributed by atoms with Gasteiger partial charge in [0.25, 0.3) is 0 Å². The largest absolute Gasteiger partial charge is 0.504 e. The third kappa shape index (κ3) is 6.99. The van der Waals surface area contributed by atoms with E-state index in [1.807, 2.05) is 0 Å². The Labute approximate surface area is 205 Å². The molecular formula is C21H30N6O7S. The van der Waals surface area contributed by atoms with Crippen molar-refractivity contribution in [3.63, 3.8) is 0 Å². The smallest absolute Gasteiger partial charge is 0.234 e. The molecule has 7 N–H and O–H groups in total. The molecule has 0 spiro atoms. The third-order valence-corrected chi connectivity index (χ3v) is 6.18. The van der Waals surface area contributed by atoms with Crippen molar-refractivity contribution in [2.75, 3.05) is 44.5 Å². The fraction of sp³-hybridized carbons (Fsp3) is 0.476. The van der Waals surface area contributed by atoms with Crippen LogP contribution in [0.25, 0.3) is 0 Å². The molecule has 0 saturated heterocycles. The zero-order chi connectivity index (χ0) is 25.4. The predicted octanol–water partition coefficient (Wildman–Crippen LogP) is 1.26. The summed E-state index contributed by atoms with van der Waals surface area (Å²) in [7, 11) is 1.54. The fourth-order valence-electron chi connectivity index (χ4n) is 3.69. The lowest BCUT2D eigenvalue weighted by Gasteiger charge is -2.27. The van der Waals surface area contributed by atoms with Crippen LogP contribution in [0.5, 0.6) is 17.4 Å². The summed E-state index contributed by atoms with van der Waals surface area (Å²) >= 11 is -2.14. The Bertz CT molecular complexity index is 1040. The maximum Gasteiger partial charge on any atom is 0.234 e. The van der Waals surface area contributed by atoms with Crippen molar-refractivity contribution in [2.24, 2.45) is 0 Å². The highest BCUT2D eigenvalue weighted by Gasteiger charge is 2.35. The Balaban J connectivity index is 1.73. The van der Waals surface area contributed by atoms with E-state index in [2.05, 4.69) is 15.3 Å². The second kappa shape index (κ2) is 12.6. The van der Waals surface area contributed by atoms with Gasteiger partial charge < -0.3 is 40.9 Å². The minimum Gasteiger partial charge on any atom is -0.504 e. The maximum atomic E-state index is 11.5. The van der Waals surface area contributed by atoms with E-state index in [1.165, 1.54) is 10.4 Å². The van der Waals surface area contributed by atoms with Gasteiger partial charge in [0.05, 0.1) is 31.4 Å². The van der Waals surface area contributed by atoms with Gasteiger partial charge in [-0.2, -0.15) is 14.3 Å². The summed E-state index contributed by atoms with van der Waals surface area (Å²) in [5.41, 5.74) is 6.68. The van der Waals surface area contributed by atoms with Gasteiger partial charge in [0.15, 0.2) is 11.5 Å². The first-order valence-corrected chi connectivity index (χ1v) is 12.0. The topological polar surface area (TPSA) is 196 Å². The minimum absolute atomic E-state index is 0.0215. The average molecular weight is 511 g/mol. The van der Waals surface area contributed by atoms with Gasteiger partial charge in [0.2, 0.25) is 23.1 Å². The average Bonchev–Trinajstić information content (AvgIpc) is 3.27. The second-order valence-electron chi connectivity index (χ2n) is 7.72. The summed E-state index contributed by atoms with van der Waals surface area (Å²) < 4.78 is 38.9. The van der Waals surface area contributed by atoms with Gasteiger partial charge in [-0.15, -0.1) is 0 Å². The van der Waals surface area contributed by atoms with Crippen LogP contribution in [0, 0.1) is 5.41 Å².